The molecule has 0 spiro atoms. The van der Waals surface area contributed by atoms with Gasteiger partial charge in [-0.2, -0.15) is 13.2 Å². The second kappa shape index (κ2) is 11.9. The number of carbonyl (C=O) groups excluding carboxylic acids is 1. The molecule has 3 aromatic carbocycles. The third kappa shape index (κ3) is 6.45. The molecule has 0 unspecified atom stereocenters. The highest BCUT2D eigenvalue weighted by molar-refractivity contribution is 7.99. The molecular formula is C31H30F3N3OS. The molecule has 202 valence electrons. The van der Waals surface area contributed by atoms with Gasteiger partial charge >= 0.3 is 6.18 Å². The van der Waals surface area contributed by atoms with Gasteiger partial charge in [0.1, 0.15) is 0 Å². The number of aryl methyl sites for hydroxylation is 2. The molecule has 0 radical (unpaired) electrons. The average Bonchev–Trinajstić information content (AvgIpc) is 2.94. The normalized spacial score (nSPS) is 11.4. The number of hydrogen-bond donors (Lipinski definition) is 0. The third-order valence-electron chi connectivity index (χ3n) is 6.70. The van der Waals surface area contributed by atoms with Crippen LogP contribution < -0.4 is 9.80 Å². The van der Waals surface area contributed by atoms with Gasteiger partial charge in [-0.05, 0) is 84.6 Å². The Morgan fingerprint density at radius 2 is 1.67 bits per heavy atom. The van der Waals surface area contributed by atoms with Crippen LogP contribution >= 0.6 is 11.8 Å². The maximum absolute atomic E-state index is 13.1. The van der Waals surface area contributed by atoms with Gasteiger partial charge in [-0.25, -0.2) is 0 Å². The van der Waals surface area contributed by atoms with Crippen LogP contribution in [-0.4, -0.2) is 25.0 Å². The topological polar surface area (TPSA) is 36.4 Å². The summed E-state index contributed by atoms with van der Waals surface area (Å²) in [6.45, 7) is 8.43. The predicted octanol–water partition coefficient (Wildman–Crippen LogP) is 8.14. The summed E-state index contributed by atoms with van der Waals surface area (Å²) in [5.41, 5.74) is 4.40. The van der Waals surface area contributed by atoms with E-state index in [-0.39, 0.29) is 12.2 Å². The molecule has 0 fully saturated rings. The van der Waals surface area contributed by atoms with E-state index in [9.17, 15) is 18.0 Å². The summed E-state index contributed by atoms with van der Waals surface area (Å²) in [5, 5.41) is 1.13. The molecule has 4 aromatic rings. The van der Waals surface area contributed by atoms with Crippen LogP contribution in [0.25, 0.3) is 10.9 Å². The van der Waals surface area contributed by atoms with Crippen molar-refractivity contribution in [3.63, 3.8) is 0 Å². The van der Waals surface area contributed by atoms with Crippen molar-refractivity contribution >= 4 is 40.4 Å². The standard InChI is InChI=1S/C31H30F3N3OS/c1-5-22-16-28-29(17-23(22)6-2)35-15-14-30(28)39-27-12-10-25(11-13-27)36(4)21(3)19-37(20-38)26-9-7-8-24(18-26)31(32,33)34/h7-18,20H,3,5-6,19H2,1-2,4H3. The predicted molar refractivity (Wildman–Crippen MR) is 153 cm³/mol. The maximum Gasteiger partial charge on any atom is 0.416 e. The Balaban J connectivity index is 1.49. The SMILES string of the molecule is C=C(CN(C=O)c1cccc(C(F)(F)F)c1)N(C)c1ccc(Sc2ccnc3cc(CC)c(CC)cc23)cc1. The smallest absolute Gasteiger partial charge is 0.347 e. The molecule has 0 N–H and O–H groups in total. The van der Waals surface area contributed by atoms with Crippen molar-refractivity contribution in [2.24, 2.45) is 0 Å². The molecule has 0 saturated carbocycles. The summed E-state index contributed by atoms with van der Waals surface area (Å²) in [7, 11) is 1.81. The zero-order valence-corrected chi connectivity index (χ0v) is 22.9. The Hall–Kier alpha value is -3.78. The first-order valence-electron chi connectivity index (χ1n) is 12.6. The molecule has 0 bridgehead atoms. The number of likely N-dealkylation sites (N-methyl/N-ethyl adjacent to an activating group) is 1. The van der Waals surface area contributed by atoms with Crippen LogP contribution in [0.2, 0.25) is 0 Å². The third-order valence-corrected chi connectivity index (χ3v) is 7.78. The molecule has 0 aliphatic rings. The molecule has 8 heteroatoms. The first-order valence-corrected chi connectivity index (χ1v) is 13.4. The van der Waals surface area contributed by atoms with E-state index < -0.39 is 11.7 Å². The number of benzene rings is 3. The van der Waals surface area contributed by atoms with E-state index >= 15 is 0 Å². The number of anilines is 2. The van der Waals surface area contributed by atoms with Gasteiger partial charge in [0.05, 0.1) is 17.6 Å². The zero-order valence-electron chi connectivity index (χ0n) is 22.1. The Kier molecular flexibility index (Phi) is 8.65. The van der Waals surface area contributed by atoms with Crippen molar-refractivity contribution in [3.05, 3.63) is 102 Å². The number of carbonyl (C=O) groups is 1. The zero-order chi connectivity index (χ0) is 28.2. The van der Waals surface area contributed by atoms with E-state index in [0.717, 1.165) is 51.4 Å². The minimum atomic E-state index is -4.49. The molecule has 0 aliphatic heterocycles. The van der Waals surface area contributed by atoms with Gasteiger partial charge in [-0.3, -0.25) is 9.78 Å². The molecule has 1 aromatic heterocycles. The highest BCUT2D eigenvalue weighted by Crippen LogP contribution is 2.35. The highest BCUT2D eigenvalue weighted by Gasteiger charge is 2.31. The number of amides is 1. The first kappa shape index (κ1) is 28.2. The van der Waals surface area contributed by atoms with Crippen LogP contribution in [0.4, 0.5) is 24.5 Å². The second-order valence-electron chi connectivity index (χ2n) is 9.16. The fraction of sp³-hybridized carbons (Fsp3) is 0.226. The van der Waals surface area contributed by atoms with Crippen molar-refractivity contribution in [3.8, 4) is 0 Å². The molecule has 0 aliphatic carbocycles. The molecule has 39 heavy (non-hydrogen) atoms. The largest absolute Gasteiger partial charge is 0.416 e. The van der Waals surface area contributed by atoms with Crippen molar-refractivity contribution in [1.29, 1.82) is 0 Å². The molecular weight excluding hydrogens is 519 g/mol. The van der Waals surface area contributed by atoms with Crippen molar-refractivity contribution < 1.29 is 18.0 Å². The molecule has 1 amide bonds. The summed E-state index contributed by atoms with van der Waals surface area (Å²) >= 11 is 1.67. The van der Waals surface area contributed by atoms with Gasteiger partial charge in [0, 0.05) is 45.5 Å². The fourth-order valence-corrected chi connectivity index (χ4v) is 5.33. The number of pyridine rings is 1. The van der Waals surface area contributed by atoms with E-state index in [1.807, 2.05) is 48.5 Å². The lowest BCUT2D eigenvalue weighted by Gasteiger charge is -2.27. The minimum Gasteiger partial charge on any atom is -0.347 e. The lowest BCUT2D eigenvalue weighted by atomic mass is 10.00. The van der Waals surface area contributed by atoms with E-state index in [0.29, 0.717) is 12.1 Å². The van der Waals surface area contributed by atoms with Gasteiger partial charge in [0.25, 0.3) is 0 Å². The van der Waals surface area contributed by atoms with E-state index in [4.69, 9.17) is 0 Å². The van der Waals surface area contributed by atoms with Crippen LogP contribution in [0.1, 0.15) is 30.5 Å². The number of halogens is 3. The van der Waals surface area contributed by atoms with Crippen molar-refractivity contribution in [1.82, 2.24) is 4.98 Å². The van der Waals surface area contributed by atoms with Gasteiger partial charge < -0.3 is 9.80 Å². The first-order chi connectivity index (χ1) is 18.6. The number of fused-ring (bicyclic) bond motifs is 1. The quantitative estimate of drug-likeness (QED) is 0.187. The summed E-state index contributed by atoms with van der Waals surface area (Å²) in [6, 6.07) is 19.1. The average molecular weight is 550 g/mol. The Labute approximate surface area is 231 Å². The van der Waals surface area contributed by atoms with Crippen LogP contribution in [0, 0.1) is 0 Å². The lowest BCUT2D eigenvalue weighted by molar-refractivity contribution is -0.137. The van der Waals surface area contributed by atoms with Gasteiger partial charge in [-0.15, -0.1) is 0 Å². The summed E-state index contributed by atoms with van der Waals surface area (Å²) < 4.78 is 39.4. The van der Waals surface area contributed by atoms with Crippen LogP contribution in [0.5, 0.6) is 0 Å². The Bertz CT molecular complexity index is 1490. The number of alkyl halides is 3. The number of aromatic nitrogens is 1. The Morgan fingerprint density at radius 1 is 0.974 bits per heavy atom. The maximum atomic E-state index is 13.1. The van der Waals surface area contributed by atoms with Crippen molar-refractivity contribution in [2.45, 2.75) is 42.7 Å². The minimum absolute atomic E-state index is 0.0420. The van der Waals surface area contributed by atoms with Gasteiger partial charge in [0.2, 0.25) is 6.41 Å². The van der Waals surface area contributed by atoms with E-state index in [1.54, 1.807) is 11.8 Å². The number of rotatable bonds is 10. The van der Waals surface area contributed by atoms with Crippen LogP contribution in [0.3, 0.4) is 0 Å². The van der Waals surface area contributed by atoms with E-state index in [1.165, 1.54) is 28.2 Å². The van der Waals surface area contributed by atoms with Crippen LogP contribution in [0.15, 0.2) is 95.0 Å². The fourth-order valence-electron chi connectivity index (χ4n) is 4.40. The molecule has 4 nitrogen and oxygen atoms in total. The molecule has 1 heterocycles. The summed E-state index contributed by atoms with van der Waals surface area (Å²) in [6.07, 6.45) is -0.190. The molecule has 0 atom stereocenters. The molecule has 0 saturated heterocycles. The van der Waals surface area contributed by atoms with Crippen LogP contribution in [-0.2, 0) is 23.8 Å². The Morgan fingerprint density at radius 3 is 2.31 bits per heavy atom. The number of nitrogens with zero attached hydrogens (tertiary/aromatic N) is 3. The van der Waals surface area contributed by atoms with Gasteiger partial charge in [0.15, 0.2) is 0 Å². The van der Waals surface area contributed by atoms with E-state index in [2.05, 4.69) is 37.5 Å². The monoisotopic (exact) mass is 549 g/mol. The summed E-state index contributed by atoms with van der Waals surface area (Å²) in [5.74, 6) is 0. The van der Waals surface area contributed by atoms with Gasteiger partial charge in [-0.1, -0.05) is 38.3 Å². The second-order valence-corrected chi connectivity index (χ2v) is 10.3. The summed E-state index contributed by atoms with van der Waals surface area (Å²) in [4.78, 5) is 21.5. The van der Waals surface area contributed by atoms with Crippen molar-refractivity contribution in [2.75, 3.05) is 23.4 Å². The number of hydrogen-bond acceptors (Lipinski definition) is 4. The lowest BCUT2D eigenvalue weighted by Crippen LogP contribution is -2.30. The highest BCUT2D eigenvalue weighted by atomic mass is 32.2. The molecule has 4 rings (SSSR count).